The number of rotatable bonds is 9. The van der Waals surface area contributed by atoms with Crippen LogP contribution in [0.5, 0.6) is 5.75 Å². The molecule has 1 fully saturated rings. The number of benzene rings is 3. The van der Waals surface area contributed by atoms with Crippen molar-refractivity contribution in [2.24, 2.45) is 0 Å². The SMILES string of the molecule is CCOc1cc2occ(-c3cccc4ccccc34)c2cc1/C(C)=C/C(=O)NCCCN1CCCC1=O. The first-order chi connectivity index (χ1) is 18.0. The summed E-state index contributed by atoms with van der Waals surface area (Å²) in [6.45, 7) is 6.40. The number of carbonyl (C=O) groups is 2. The van der Waals surface area contributed by atoms with Crippen LogP contribution in [0.1, 0.15) is 38.7 Å². The average molecular weight is 497 g/mol. The Bertz CT molecular complexity index is 1480. The molecule has 0 atom stereocenters. The van der Waals surface area contributed by atoms with Crippen molar-refractivity contribution in [2.45, 2.75) is 33.1 Å². The second-order valence-electron chi connectivity index (χ2n) is 9.41. The van der Waals surface area contributed by atoms with Crippen molar-refractivity contribution in [1.29, 1.82) is 0 Å². The molecule has 1 aromatic heterocycles. The Morgan fingerprint density at radius 1 is 1.11 bits per heavy atom. The fourth-order valence-electron chi connectivity index (χ4n) is 5.05. The van der Waals surface area contributed by atoms with Gasteiger partial charge in [-0.25, -0.2) is 0 Å². The van der Waals surface area contributed by atoms with E-state index in [1.54, 1.807) is 12.3 Å². The smallest absolute Gasteiger partial charge is 0.244 e. The van der Waals surface area contributed by atoms with Crippen molar-refractivity contribution < 1.29 is 18.7 Å². The van der Waals surface area contributed by atoms with Crippen LogP contribution in [0.3, 0.4) is 0 Å². The van der Waals surface area contributed by atoms with E-state index in [4.69, 9.17) is 9.15 Å². The summed E-state index contributed by atoms with van der Waals surface area (Å²) >= 11 is 0. The number of furan rings is 1. The van der Waals surface area contributed by atoms with E-state index >= 15 is 0 Å². The van der Waals surface area contributed by atoms with Crippen molar-refractivity contribution in [2.75, 3.05) is 26.2 Å². The van der Waals surface area contributed by atoms with Crippen LogP contribution in [0.4, 0.5) is 0 Å². The minimum atomic E-state index is -0.158. The summed E-state index contributed by atoms with van der Waals surface area (Å²) in [5.74, 6) is 0.736. The Morgan fingerprint density at radius 3 is 2.76 bits per heavy atom. The second-order valence-corrected chi connectivity index (χ2v) is 9.41. The van der Waals surface area contributed by atoms with Crippen molar-refractivity contribution >= 4 is 39.1 Å². The number of amides is 2. The van der Waals surface area contributed by atoms with E-state index in [2.05, 4.69) is 41.7 Å². The zero-order chi connectivity index (χ0) is 25.8. The number of nitrogens with zero attached hydrogens (tertiary/aromatic N) is 1. The number of hydrogen-bond acceptors (Lipinski definition) is 4. The quantitative estimate of drug-likeness (QED) is 0.222. The van der Waals surface area contributed by atoms with Crippen LogP contribution in [0.15, 0.2) is 71.4 Å². The molecule has 0 bridgehead atoms. The van der Waals surface area contributed by atoms with Crippen LogP contribution in [0.2, 0.25) is 0 Å². The molecule has 3 aromatic carbocycles. The van der Waals surface area contributed by atoms with Crippen LogP contribution >= 0.6 is 0 Å². The van der Waals surface area contributed by atoms with Gasteiger partial charge in [-0.15, -0.1) is 0 Å². The molecule has 0 aliphatic carbocycles. The molecule has 1 N–H and O–H groups in total. The fourth-order valence-corrected chi connectivity index (χ4v) is 5.05. The van der Waals surface area contributed by atoms with E-state index in [1.165, 1.54) is 5.39 Å². The maximum Gasteiger partial charge on any atom is 0.244 e. The second kappa shape index (κ2) is 10.9. The molecule has 1 aliphatic heterocycles. The summed E-state index contributed by atoms with van der Waals surface area (Å²) in [5, 5.41) is 6.25. The highest BCUT2D eigenvalue weighted by atomic mass is 16.5. The lowest BCUT2D eigenvalue weighted by molar-refractivity contribution is -0.127. The molecule has 2 heterocycles. The summed E-state index contributed by atoms with van der Waals surface area (Å²) in [6, 6.07) is 18.5. The highest BCUT2D eigenvalue weighted by Crippen LogP contribution is 2.39. The molecule has 190 valence electrons. The first-order valence-electron chi connectivity index (χ1n) is 13.0. The van der Waals surface area contributed by atoms with E-state index in [0.29, 0.717) is 31.9 Å². The van der Waals surface area contributed by atoms with E-state index in [9.17, 15) is 9.59 Å². The largest absolute Gasteiger partial charge is 0.493 e. The van der Waals surface area contributed by atoms with E-state index < -0.39 is 0 Å². The third-order valence-corrected chi connectivity index (χ3v) is 6.90. The molecule has 6 heteroatoms. The lowest BCUT2D eigenvalue weighted by atomic mass is 9.96. The lowest BCUT2D eigenvalue weighted by Crippen LogP contribution is -2.30. The van der Waals surface area contributed by atoms with Gasteiger partial charge in [0.2, 0.25) is 11.8 Å². The average Bonchev–Trinajstić information content (AvgIpc) is 3.51. The molecule has 5 rings (SSSR count). The maximum atomic E-state index is 12.7. The predicted molar refractivity (Wildman–Crippen MR) is 147 cm³/mol. The minimum absolute atomic E-state index is 0.158. The Morgan fingerprint density at radius 2 is 1.95 bits per heavy atom. The molecule has 0 spiro atoms. The summed E-state index contributed by atoms with van der Waals surface area (Å²) < 4.78 is 11.9. The van der Waals surface area contributed by atoms with Gasteiger partial charge < -0.3 is 19.4 Å². The fraction of sp³-hybridized carbons (Fsp3) is 0.290. The first-order valence-corrected chi connectivity index (χ1v) is 13.0. The molecule has 1 saturated heterocycles. The Balaban J connectivity index is 1.40. The number of hydrogen-bond donors (Lipinski definition) is 1. The van der Waals surface area contributed by atoms with Gasteiger partial charge in [-0.1, -0.05) is 42.5 Å². The number of carbonyl (C=O) groups excluding carboxylic acids is 2. The Kier molecular flexibility index (Phi) is 7.26. The van der Waals surface area contributed by atoms with Gasteiger partial charge in [-0.2, -0.15) is 0 Å². The van der Waals surface area contributed by atoms with Gasteiger partial charge in [0.25, 0.3) is 0 Å². The maximum absolute atomic E-state index is 12.7. The molecule has 6 nitrogen and oxygen atoms in total. The highest BCUT2D eigenvalue weighted by molar-refractivity contribution is 6.06. The van der Waals surface area contributed by atoms with Gasteiger partial charge in [-0.05, 0) is 54.7 Å². The highest BCUT2D eigenvalue weighted by Gasteiger charge is 2.19. The monoisotopic (exact) mass is 496 g/mol. The van der Waals surface area contributed by atoms with Crippen LogP contribution in [0, 0.1) is 0 Å². The van der Waals surface area contributed by atoms with Gasteiger partial charge in [-0.3, -0.25) is 9.59 Å². The summed E-state index contributed by atoms with van der Waals surface area (Å²) in [5.41, 5.74) is 4.51. The molecule has 0 radical (unpaired) electrons. The standard InChI is InChI=1S/C31H32N2O4/c1-3-36-28-19-29-26(27(20-37-29)24-12-6-10-22-9-4-5-11-23(22)24)18-25(28)21(2)17-30(34)32-14-8-16-33-15-7-13-31(33)35/h4-6,9-12,17-20H,3,7-8,13-16H2,1-2H3,(H,32,34)/b21-17+. The number of nitrogens with one attached hydrogen (secondary N) is 1. The third-order valence-electron chi connectivity index (χ3n) is 6.90. The van der Waals surface area contributed by atoms with Gasteiger partial charge in [0.1, 0.15) is 11.3 Å². The van der Waals surface area contributed by atoms with Gasteiger partial charge in [0, 0.05) is 54.7 Å². The number of allylic oxidation sites excluding steroid dienone is 1. The topological polar surface area (TPSA) is 71.8 Å². The Hall–Kier alpha value is -4.06. The summed E-state index contributed by atoms with van der Waals surface area (Å²) in [4.78, 5) is 26.3. The minimum Gasteiger partial charge on any atom is -0.493 e. The molecule has 1 aliphatic rings. The van der Waals surface area contributed by atoms with Crippen molar-refractivity contribution in [1.82, 2.24) is 10.2 Å². The zero-order valence-corrected chi connectivity index (χ0v) is 21.4. The van der Waals surface area contributed by atoms with Gasteiger partial charge in [0.15, 0.2) is 0 Å². The molecule has 37 heavy (non-hydrogen) atoms. The number of ether oxygens (including phenoxy) is 1. The number of likely N-dealkylation sites (tertiary alicyclic amines) is 1. The van der Waals surface area contributed by atoms with Crippen LogP contribution < -0.4 is 10.1 Å². The molecule has 2 amide bonds. The lowest BCUT2D eigenvalue weighted by Gasteiger charge is -2.15. The molecular formula is C31H32N2O4. The first kappa shape index (κ1) is 24.6. The van der Waals surface area contributed by atoms with Crippen molar-refractivity contribution in [3.8, 4) is 16.9 Å². The van der Waals surface area contributed by atoms with E-state index in [0.717, 1.165) is 58.0 Å². The Labute approximate surface area is 216 Å². The zero-order valence-electron chi connectivity index (χ0n) is 21.4. The van der Waals surface area contributed by atoms with Crippen LogP contribution in [-0.2, 0) is 9.59 Å². The predicted octanol–water partition coefficient (Wildman–Crippen LogP) is 6.18. The summed E-state index contributed by atoms with van der Waals surface area (Å²) in [6.07, 6.45) is 5.72. The normalized spacial score (nSPS) is 14.1. The van der Waals surface area contributed by atoms with Gasteiger partial charge in [0.05, 0.1) is 12.9 Å². The molecule has 0 saturated carbocycles. The third kappa shape index (κ3) is 5.24. The molecular weight excluding hydrogens is 464 g/mol. The van der Waals surface area contributed by atoms with Crippen molar-refractivity contribution in [3.05, 3.63) is 72.5 Å². The van der Waals surface area contributed by atoms with Gasteiger partial charge >= 0.3 is 0 Å². The van der Waals surface area contributed by atoms with Crippen LogP contribution in [0.25, 0.3) is 38.4 Å². The molecule has 4 aromatic rings. The van der Waals surface area contributed by atoms with Crippen molar-refractivity contribution in [3.63, 3.8) is 0 Å². The number of fused-ring (bicyclic) bond motifs is 2. The van der Waals surface area contributed by atoms with E-state index in [1.807, 2.05) is 36.9 Å². The van der Waals surface area contributed by atoms with Crippen LogP contribution in [-0.4, -0.2) is 43.0 Å². The van der Waals surface area contributed by atoms with E-state index in [-0.39, 0.29) is 11.8 Å². The molecule has 0 unspecified atom stereocenters. The summed E-state index contributed by atoms with van der Waals surface area (Å²) in [7, 11) is 0.